The van der Waals surface area contributed by atoms with Crippen molar-refractivity contribution in [3.05, 3.63) is 72.9 Å². The number of rotatable bonds is 6. The first-order valence-corrected chi connectivity index (χ1v) is 9.64. The number of hydrogen-bond donors (Lipinski definition) is 0. The molecule has 3 aliphatic carbocycles. The summed E-state index contributed by atoms with van der Waals surface area (Å²) in [5, 5.41) is 0. The molecule has 3 saturated carbocycles. The van der Waals surface area contributed by atoms with E-state index in [-0.39, 0.29) is 5.41 Å². The summed E-state index contributed by atoms with van der Waals surface area (Å²) in [5.74, 6) is 3.63. The minimum Gasteiger partial charge on any atom is -0.0991 e. The van der Waals surface area contributed by atoms with Gasteiger partial charge in [0.2, 0.25) is 0 Å². The Morgan fingerprint density at radius 2 is 1.79 bits per heavy atom. The van der Waals surface area contributed by atoms with E-state index < -0.39 is 0 Å². The lowest BCUT2D eigenvalue weighted by molar-refractivity contribution is 0.153. The van der Waals surface area contributed by atoms with E-state index in [0.29, 0.717) is 0 Å². The molecule has 0 heteroatoms. The number of fused-ring (bicyclic) bond motifs is 5. The van der Waals surface area contributed by atoms with Crippen LogP contribution in [-0.4, -0.2) is 0 Å². The maximum Gasteiger partial charge on any atom is 0.0233 e. The molecule has 0 amide bonds. The van der Waals surface area contributed by atoms with Crippen molar-refractivity contribution in [3.8, 4) is 0 Å². The molecule has 2 bridgehead atoms. The van der Waals surface area contributed by atoms with Gasteiger partial charge in [-0.2, -0.15) is 0 Å². The van der Waals surface area contributed by atoms with Crippen molar-refractivity contribution < 1.29 is 0 Å². The molecule has 0 radical (unpaired) electrons. The molecule has 0 nitrogen and oxygen atoms in total. The molecule has 5 unspecified atom stereocenters. The van der Waals surface area contributed by atoms with Gasteiger partial charge in [-0.1, -0.05) is 68.2 Å². The lowest BCUT2D eigenvalue weighted by Crippen LogP contribution is -2.38. The van der Waals surface area contributed by atoms with Gasteiger partial charge in [-0.25, -0.2) is 0 Å². The highest BCUT2D eigenvalue weighted by Crippen LogP contribution is 2.70. The molecule has 5 atom stereocenters. The summed E-state index contributed by atoms with van der Waals surface area (Å²) in [6.07, 6.45) is 24.5. The molecule has 0 heterocycles. The normalized spacial score (nSPS) is 39.1. The molecule has 3 rings (SSSR count). The van der Waals surface area contributed by atoms with Crippen LogP contribution < -0.4 is 0 Å². The number of allylic oxidation sites excluding steroid dienone is 10. The number of hydrogen-bond acceptors (Lipinski definition) is 0. The summed E-state index contributed by atoms with van der Waals surface area (Å²) in [6.45, 7) is 12.2. The van der Waals surface area contributed by atoms with Crippen LogP contribution >= 0.6 is 0 Å². The fourth-order valence-electron chi connectivity index (χ4n) is 6.31. The zero-order valence-corrected chi connectivity index (χ0v) is 15.4. The first-order valence-electron chi connectivity index (χ1n) is 9.64. The largest absolute Gasteiger partial charge is 0.0991 e. The summed E-state index contributed by atoms with van der Waals surface area (Å²) >= 11 is 0. The van der Waals surface area contributed by atoms with Crippen LogP contribution in [0.25, 0.3) is 0 Å². The van der Waals surface area contributed by atoms with E-state index in [0.717, 1.165) is 23.7 Å². The minimum absolute atomic E-state index is 0.172. The van der Waals surface area contributed by atoms with Gasteiger partial charge in [-0.3, -0.25) is 0 Å². The molecular weight excluding hydrogens is 288 g/mol. The van der Waals surface area contributed by atoms with Crippen molar-refractivity contribution >= 4 is 0 Å². The summed E-state index contributed by atoms with van der Waals surface area (Å²) < 4.78 is 0. The fourth-order valence-corrected chi connectivity index (χ4v) is 6.31. The van der Waals surface area contributed by atoms with E-state index in [1.165, 1.54) is 43.3 Å². The van der Waals surface area contributed by atoms with Gasteiger partial charge in [0.25, 0.3) is 0 Å². The summed E-state index contributed by atoms with van der Waals surface area (Å²) in [6, 6.07) is 0. The highest BCUT2D eigenvalue weighted by Gasteiger charge is 2.62. The van der Waals surface area contributed by atoms with Crippen LogP contribution in [0.4, 0.5) is 0 Å². The highest BCUT2D eigenvalue weighted by molar-refractivity contribution is 5.47. The molecule has 0 spiro atoms. The van der Waals surface area contributed by atoms with E-state index in [1.807, 2.05) is 12.2 Å². The Morgan fingerprint density at radius 3 is 2.46 bits per heavy atom. The Morgan fingerprint density at radius 1 is 1.00 bits per heavy atom. The average molecular weight is 321 g/mol. The van der Waals surface area contributed by atoms with Crippen molar-refractivity contribution in [1.29, 1.82) is 0 Å². The van der Waals surface area contributed by atoms with Gasteiger partial charge >= 0.3 is 0 Å². The first kappa shape index (κ1) is 17.3. The molecular formula is C24H32. The van der Waals surface area contributed by atoms with Crippen LogP contribution in [0.1, 0.15) is 46.0 Å². The molecule has 0 aromatic heterocycles. The van der Waals surface area contributed by atoms with Crippen molar-refractivity contribution in [2.75, 3.05) is 0 Å². The molecule has 3 fully saturated rings. The van der Waals surface area contributed by atoms with Crippen molar-refractivity contribution in [2.45, 2.75) is 46.0 Å². The van der Waals surface area contributed by atoms with Gasteiger partial charge in [-0.15, -0.1) is 0 Å². The maximum atomic E-state index is 4.00. The van der Waals surface area contributed by atoms with E-state index in [9.17, 15) is 0 Å². The Hall–Kier alpha value is -1.56. The molecule has 128 valence electrons. The third-order valence-corrected chi connectivity index (χ3v) is 6.92. The van der Waals surface area contributed by atoms with Crippen molar-refractivity contribution in [3.63, 3.8) is 0 Å². The molecule has 0 aliphatic heterocycles. The molecule has 24 heavy (non-hydrogen) atoms. The van der Waals surface area contributed by atoms with Crippen LogP contribution in [0.5, 0.6) is 0 Å². The standard InChI is InChI=1S/C24H32/c1-5-9-13-19(8-4)24(20(11-6-2)12-7-3)17-18-16-23(24)22-15-10-14-21(18)22/h5-9,11-13,18,21-23H,1-2,10,14-17H2,3-4H3/b12-7-,13-9-,19-8+,20-11+. The summed E-state index contributed by atoms with van der Waals surface area (Å²) in [4.78, 5) is 0. The molecule has 0 aromatic carbocycles. The maximum absolute atomic E-state index is 4.00. The third-order valence-electron chi connectivity index (χ3n) is 6.92. The minimum atomic E-state index is 0.172. The van der Waals surface area contributed by atoms with Crippen molar-refractivity contribution in [1.82, 2.24) is 0 Å². The predicted octanol–water partition coefficient (Wildman–Crippen LogP) is 6.81. The van der Waals surface area contributed by atoms with Gasteiger partial charge < -0.3 is 0 Å². The zero-order chi connectivity index (χ0) is 17.2. The quantitative estimate of drug-likeness (QED) is 0.472. The van der Waals surface area contributed by atoms with Crippen LogP contribution in [-0.2, 0) is 0 Å². The molecule has 0 N–H and O–H groups in total. The van der Waals surface area contributed by atoms with E-state index in [1.54, 1.807) is 0 Å². The average Bonchev–Trinajstić information content (AvgIpc) is 3.27. The SMILES string of the molecule is C=C/C=C\C(=C/C)C1(C(/C=C\C)=C/C=C)CC2CC1C1CCCC21. The summed E-state index contributed by atoms with van der Waals surface area (Å²) in [7, 11) is 0. The van der Waals surface area contributed by atoms with E-state index in [4.69, 9.17) is 0 Å². The fraction of sp³-hybridized carbons (Fsp3) is 0.500. The molecule has 0 saturated heterocycles. The van der Waals surface area contributed by atoms with Gasteiger partial charge in [-0.05, 0) is 74.3 Å². The van der Waals surface area contributed by atoms with Gasteiger partial charge in [0.15, 0.2) is 0 Å². The Labute approximate surface area is 148 Å². The predicted molar refractivity (Wildman–Crippen MR) is 106 cm³/mol. The lowest BCUT2D eigenvalue weighted by atomic mass is 9.58. The van der Waals surface area contributed by atoms with Crippen LogP contribution in [0.3, 0.4) is 0 Å². The first-order chi connectivity index (χ1) is 11.7. The summed E-state index contributed by atoms with van der Waals surface area (Å²) in [5.41, 5.74) is 3.11. The highest BCUT2D eigenvalue weighted by atomic mass is 14.7. The smallest absolute Gasteiger partial charge is 0.0233 e. The second-order valence-electron chi connectivity index (χ2n) is 7.73. The second kappa shape index (κ2) is 7.13. The Bertz CT molecular complexity index is 612. The Kier molecular flexibility index (Phi) is 5.13. The second-order valence-corrected chi connectivity index (χ2v) is 7.73. The van der Waals surface area contributed by atoms with E-state index in [2.05, 4.69) is 63.5 Å². The molecule has 3 aliphatic rings. The topological polar surface area (TPSA) is 0 Å². The van der Waals surface area contributed by atoms with Gasteiger partial charge in [0.05, 0.1) is 0 Å². The van der Waals surface area contributed by atoms with Gasteiger partial charge in [0, 0.05) is 5.41 Å². The monoisotopic (exact) mass is 320 g/mol. The van der Waals surface area contributed by atoms with E-state index >= 15 is 0 Å². The van der Waals surface area contributed by atoms with Crippen molar-refractivity contribution in [2.24, 2.45) is 29.1 Å². The van der Waals surface area contributed by atoms with Crippen LogP contribution in [0, 0.1) is 29.1 Å². The van der Waals surface area contributed by atoms with Gasteiger partial charge in [0.1, 0.15) is 0 Å². The zero-order valence-electron chi connectivity index (χ0n) is 15.4. The molecule has 0 aromatic rings. The Balaban J connectivity index is 2.12. The van der Waals surface area contributed by atoms with Crippen LogP contribution in [0.15, 0.2) is 72.9 Å². The third kappa shape index (κ3) is 2.51. The van der Waals surface area contributed by atoms with Crippen LogP contribution in [0.2, 0.25) is 0 Å². The lowest BCUT2D eigenvalue weighted by Gasteiger charge is -2.45.